The number of rotatable bonds is 2. The second kappa shape index (κ2) is 6.48. The Morgan fingerprint density at radius 3 is 2.20 bits per heavy atom. The van der Waals surface area contributed by atoms with E-state index in [-0.39, 0.29) is 0 Å². The summed E-state index contributed by atoms with van der Waals surface area (Å²) in [7, 11) is 0. The van der Waals surface area contributed by atoms with E-state index in [9.17, 15) is 18.3 Å². The number of alkyl halides is 3. The van der Waals surface area contributed by atoms with Crippen LogP contribution in [0.3, 0.4) is 0 Å². The number of aromatic hydroxyl groups is 1. The Balaban J connectivity index is 2.08. The zero-order valence-corrected chi connectivity index (χ0v) is 11.4. The van der Waals surface area contributed by atoms with Gasteiger partial charge in [0.1, 0.15) is 5.75 Å². The zero-order chi connectivity index (χ0) is 14.6. The molecule has 1 aromatic rings. The summed E-state index contributed by atoms with van der Waals surface area (Å²) in [6.07, 6.45) is 1.34. The fourth-order valence-electron chi connectivity index (χ4n) is 2.64. The Morgan fingerprint density at radius 2 is 1.60 bits per heavy atom. The van der Waals surface area contributed by atoms with E-state index in [1.54, 1.807) is 6.07 Å². The molecule has 1 fully saturated rings. The van der Waals surface area contributed by atoms with Gasteiger partial charge in [-0.1, -0.05) is 25.3 Å². The average molecular weight is 287 g/mol. The maximum atomic E-state index is 12.8. The molecule has 0 bridgehead atoms. The Bertz CT molecular complexity index is 437. The smallest absolute Gasteiger partial charge is 0.419 e. The molecule has 1 aromatic carbocycles. The third-order valence-corrected chi connectivity index (χ3v) is 3.72. The van der Waals surface area contributed by atoms with Gasteiger partial charge in [-0.2, -0.15) is 13.2 Å². The third kappa shape index (κ3) is 4.13. The molecule has 1 N–H and O–H groups in total. The second-order valence-electron chi connectivity index (χ2n) is 5.39. The fraction of sp³-hybridized carbons (Fsp3) is 0.600. The van der Waals surface area contributed by atoms with Gasteiger partial charge >= 0.3 is 6.18 Å². The van der Waals surface area contributed by atoms with Crippen molar-refractivity contribution >= 4 is 0 Å². The standard InChI is InChI=1S/C15H20F3NO/c16-15(17,18)13-10-12(6-7-14(13)20)11-19-8-4-2-1-3-5-9-19/h6-7,10,20H,1-5,8-9,11H2. The van der Waals surface area contributed by atoms with Crippen LogP contribution in [0.5, 0.6) is 5.75 Å². The van der Waals surface area contributed by atoms with Crippen LogP contribution in [0.4, 0.5) is 13.2 Å². The molecule has 0 atom stereocenters. The highest BCUT2D eigenvalue weighted by Crippen LogP contribution is 2.36. The normalized spacial score (nSPS) is 18.6. The molecule has 2 rings (SSSR count). The molecule has 20 heavy (non-hydrogen) atoms. The molecule has 0 radical (unpaired) electrons. The summed E-state index contributed by atoms with van der Waals surface area (Å²) in [4.78, 5) is 2.20. The lowest BCUT2D eigenvalue weighted by Crippen LogP contribution is -2.27. The van der Waals surface area contributed by atoms with Crippen molar-refractivity contribution in [2.24, 2.45) is 0 Å². The summed E-state index contributed by atoms with van der Waals surface area (Å²) >= 11 is 0. The predicted octanol–water partition coefficient (Wildman–Crippen LogP) is 4.18. The number of phenols is 1. The molecule has 1 heterocycles. The van der Waals surface area contributed by atoms with Crippen molar-refractivity contribution in [1.82, 2.24) is 4.90 Å². The first-order valence-electron chi connectivity index (χ1n) is 7.08. The zero-order valence-electron chi connectivity index (χ0n) is 11.4. The molecule has 0 spiro atoms. The number of nitrogens with zero attached hydrogens (tertiary/aromatic N) is 1. The van der Waals surface area contributed by atoms with Crippen LogP contribution in [0.15, 0.2) is 18.2 Å². The van der Waals surface area contributed by atoms with Gasteiger partial charge in [-0.25, -0.2) is 0 Å². The van der Waals surface area contributed by atoms with Crippen molar-refractivity contribution in [3.05, 3.63) is 29.3 Å². The molecule has 112 valence electrons. The van der Waals surface area contributed by atoms with E-state index >= 15 is 0 Å². The topological polar surface area (TPSA) is 23.5 Å². The lowest BCUT2D eigenvalue weighted by molar-refractivity contribution is -0.138. The van der Waals surface area contributed by atoms with E-state index < -0.39 is 17.5 Å². The number of phenolic OH excluding ortho intramolecular Hbond substituents is 1. The summed E-state index contributed by atoms with van der Waals surface area (Å²) < 4.78 is 38.3. The monoisotopic (exact) mass is 287 g/mol. The van der Waals surface area contributed by atoms with Gasteiger partial charge in [0.15, 0.2) is 0 Å². The van der Waals surface area contributed by atoms with Crippen LogP contribution in [-0.4, -0.2) is 23.1 Å². The van der Waals surface area contributed by atoms with Gasteiger partial charge in [0.2, 0.25) is 0 Å². The maximum Gasteiger partial charge on any atom is 0.419 e. The SMILES string of the molecule is Oc1ccc(CN2CCCCCCC2)cc1C(F)(F)F. The molecule has 0 aromatic heterocycles. The van der Waals surface area contributed by atoms with E-state index in [1.807, 2.05) is 0 Å². The van der Waals surface area contributed by atoms with Crippen LogP contribution >= 0.6 is 0 Å². The highest BCUT2D eigenvalue weighted by Gasteiger charge is 2.34. The molecular formula is C15H20F3NO. The van der Waals surface area contributed by atoms with E-state index in [0.29, 0.717) is 12.1 Å². The number of likely N-dealkylation sites (tertiary alicyclic amines) is 1. The second-order valence-corrected chi connectivity index (χ2v) is 5.39. The quantitative estimate of drug-likeness (QED) is 0.882. The van der Waals surface area contributed by atoms with E-state index in [2.05, 4.69) is 4.90 Å². The predicted molar refractivity (Wildman–Crippen MR) is 71.5 cm³/mol. The summed E-state index contributed by atoms with van der Waals surface area (Å²) in [5.41, 5.74) is -0.335. The molecule has 0 amide bonds. The Kier molecular flexibility index (Phi) is 4.91. The summed E-state index contributed by atoms with van der Waals surface area (Å²) in [6, 6.07) is 3.78. The Hall–Kier alpha value is -1.23. The van der Waals surface area contributed by atoms with Gasteiger partial charge in [-0.3, -0.25) is 4.90 Å². The maximum absolute atomic E-state index is 12.8. The first-order valence-corrected chi connectivity index (χ1v) is 7.08. The largest absolute Gasteiger partial charge is 0.507 e. The molecule has 1 aliphatic heterocycles. The van der Waals surface area contributed by atoms with Crippen molar-refractivity contribution < 1.29 is 18.3 Å². The van der Waals surface area contributed by atoms with Crippen molar-refractivity contribution in [3.63, 3.8) is 0 Å². The van der Waals surface area contributed by atoms with Gasteiger partial charge in [0, 0.05) is 6.54 Å². The van der Waals surface area contributed by atoms with Gasteiger partial charge in [-0.15, -0.1) is 0 Å². The van der Waals surface area contributed by atoms with E-state index in [0.717, 1.165) is 38.1 Å². The molecule has 1 saturated heterocycles. The highest BCUT2D eigenvalue weighted by atomic mass is 19.4. The van der Waals surface area contributed by atoms with Crippen LogP contribution in [-0.2, 0) is 12.7 Å². The van der Waals surface area contributed by atoms with E-state index in [1.165, 1.54) is 19.3 Å². The molecule has 0 saturated carbocycles. The van der Waals surface area contributed by atoms with Crippen molar-refractivity contribution in [1.29, 1.82) is 0 Å². The van der Waals surface area contributed by atoms with Gasteiger partial charge in [0.25, 0.3) is 0 Å². The first kappa shape index (κ1) is 15.2. The summed E-state index contributed by atoms with van der Waals surface area (Å²) in [6.45, 7) is 2.38. The molecular weight excluding hydrogens is 267 g/mol. The van der Waals surface area contributed by atoms with Gasteiger partial charge < -0.3 is 5.11 Å². The number of halogens is 3. The summed E-state index contributed by atoms with van der Waals surface area (Å²) in [5, 5.41) is 9.33. The minimum absolute atomic E-state index is 0.517. The van der Waals surface area contributed by atoms with E-state index in [4.69, 9.17) is 0 Å². The average Bonchev–Trinajstić information content (AvgIpc) is 2.33. The summed E-state index contributed by atoms with van der Waals surface area (Å²) in [5.74, 6) is -0.700. The molecule has 0 unspecified atom stereocenters. The Labute approximate surface area is 117 Å². The van der Waals surface area contributed by atoms with Crippen LogP contribution in [0.25, 0.3) is 0 Å². The molecule has 0 aliphatic carbocycles. The third-order valence-electron chi connectivity index (χ3n) is 3.72. The number of hydrogen-bond donors (Lipinski definition) is 1. The first-order chi connectivity index (χ1) is 9.47. The van der Waals surface area contributed by atoms with Gasteiger partial charge in [0.05, 0.1) is 5.56 Å². The van der Waals surface area contributed by atoms with Crippen molar-refractivity contribution in [2.75, 3.05) is 13.1 Å². The van der Waals surface area contributed by atoms with Crippen LogP contribution in [0.1, 0.15) is 43.2 Å². The molecule has 5 heteroatoms. The number of hydrogen-bond acceptors (Lipinski definition) is 2. The Morgan fingerprint density at radius 1 is 1.00 bits per heavy atom. The highest BCUT2D eigenvalue weighted by molar-refractivity contribution is 5.38. The fourth-order valence-corrected chi connectivity index (χ4v) is 2.64. The van der Waals surface area contributed by atoms with Crippen LogP contribution < -0.4 is 0 Å². The lowest BCUT2D eigenvalue weighted by atomic mass is 10.1. The van der Waals surface area contributed by atoms with Crippen LogP contribution in [0.2, 0.25) is 0 Å². The van der Waals surface area contributed by atoms with Gasteiger partial charge in [-0.05, 0) is 43.6 Å². The minimum Gasteiger partial charge on any atom is -0.507 e. The molecule has 2 nitrogen and oxygen atoms in total. The van der Waals surface area contributed by atoms with Crippen molar-refractivity contribution in [2.45, 2.75) is 44.8 Å². The van der Waals surface area contributed by atoms with Crippen molar-refractivity contribution in [3.8, 4) is 5.75 Å². The van der Waals surface area contributed by atoms with Crippen LogP contribution in [0, 0.1) is 0 Å². The lowest BCUT2D eigenvalue weighted by Gasteiger charge is -2.24. The minimum atomic E-state index is -4.50. The number of benzene rings is 1. The molecule has 1 aliphatic rings.